The van der Waals surface area contributed by atoms with E-state index in [1.54, 1.807) is 0 Å². The molecule has 1 fully saturated rings. The number of alkyl halides is 2. The van der Waals surface area contributed by atoms with Gasteiger partial charge in [0, 0.05) is 6.42 Å². The lowest BCUT2D eigenvalue weighted by Crippen LogP contribution is -2.35. The second-order valence-corrected chi connectivity index (χ2v) is 2.87. The zero-order chi connectivity index (χ0) is 9.35. The Balaban J connectivity index is 2.67. The number of carbonyl (C=O) groups is 1. The van der Waals surface area contributed by atoms with Crippen LogP contribution in [0.25, 0.3) is 0 Å². The lowest BCUT2D eigenvalue weighted by atomic mass is 10.1. The highest BCUT2D eigenvalue weighted by atomic mass is 19.3. The third-order valence-electron chi connectivity index (χ3n) is 2.11. The maximum absolute atomic E-state index is 12.6. The third-order valence-corrected chi connectivity index (χ3v) is 2.11. The Morgan fingerprint density at radius 3 is 2.58 bits per heavy atom. The molecule has 0 aromatic heterocycles. The van der Waals surface area contributed by atoms with E-state index < -0.39 is 30.3 Å². The van der Waals surface area contributed by atoms with E-state index >= 15 is 0 Å². The molecule has 0 aromatic rings. The molecule has 5 heteroatoms. The normalized spacial score (nSPS) is 33.3. The number of halogens is 2. The van der Waals surface area contributed by atoms with E-state index in [0.29, 0.717) is 0 Å². The van der Waals surface area contributed by atoms with Crippen molar-refractivity contribution in [2.24, 2.45) is 5.92 Å². The predicted octanol–water partition coefficient (Wildman–Crippen LogP) is 0.566. The van der Waals surface area contributed by atoms with Gasteiger partial charge in [0.25, 0.3) is 5.92 Å². The molecule has 0 radical (unpaired) electrons. The zero-order valence-electron chi connectivity index (χ0n) is 6.59. The SMILES string of the molecule is COC(=O)C1CCC(F)(F)C1O. The van der Waals surface area contributed by atoms with Gasteiger partial charge in [0.15, 0.2) is 0 Å². The van der Waals surface area contributed by atoms with Crippen molar-refractivity contribution in [2.45, 2.75) is 24.9 Å². The van der Waals surface area contributed by atoms with Crippen molar-refractivity contribution in [1.82, 2.24) is 0 Å². The average Bonchev–Trinajstić information content (AvgIpc) is 2.27. The van der Waals surface area contributed by atoms with Gasteiger partial charge >= 0.3 is 5.97 Å². The molecule has 0 amide bonds. The third kappa shape index (κ3) is 1.41. The van der Waals surface area contributed by atoms with E-state index in [1.807, 2.05) is 0 Å². The number of methoxy groups -OCH3 is 1. The fourth-order valence-electron chi connectivity index (χ4n) is 1.35. The van der Waals surface area contributed by atoms with Crippen LogP contribution in [-0.2, 0) is 9.53 Å². The summed E-state index contributed by atoms with van der Waals surface area (Å²) in [6, 6.07) is 0. The van der Waals surface area contributed by atoms with Gasteiger partial charge in [-0.1, -0.05) is 0 Å². The Kier molecular flexibility index (Phi) is 2.32. The van der Waals surface area contributed by atoms with Gasteiger partial charge in [-0.3, -0.25) is 4.79 Å². The lowest BCUT2D eigenvalue weighted by Gasteiger charge is -2.16. The molecular formula is C7H10F2O3. The zero-order valence-corrected chi connectivity index (χ0v) is 6.59. The van der Waals surface area contributed by atoms with E-state index in [2.05, 4.69) is 4.74 Å². The molecule has 12 heavy (non-hydrogen) atoms. The van der Waals surface area contributed by atoms with Crippen molar-refractivity contribution in [3.8, 4) is 0 Å². The number of ether oxygens (including phenoxy) is 1. The van der Waals surface area contributed by atoms with Crippen LogP contribution in [0.2, 0.25) is 0 Å². The number of rotatable bonds is 1. The molecule has 1 N–H and O–H groups in total. The number of esters is 1. The molecule has 0 aliphatic heterocycles. The second-order valence-electron chi connectivity index (χ2n) is 2.87. The van der Waals surface area contributed by atoms with Crippen LogP contribution in [0.1, 0.15) is 12.8 Å². The first-order chi connectivity index (χ1) is 5.49. The Bertz CT molecular complexity index is 193. The van der Waals surface area contributed by atoms with Gasteiger partial charge in [0.2, 0.25) is 0 Å². The van der Waals surface area contributed by atoms with Crippen LogP contribution >= 0.6 is 0 Å². The number of aliphatic hydroxyl groups is 1. The van der Waals surface area contributed by atoms with Crippen LogP contribution in [0.5, 0.6) is 0 Å². The fourth-order valence-corrected chi connectivity index (χ4v) is 1.35. The molecule has 3 nitrogen and oxygen atoms in total. The second kappa shape index (κ2) is 2.97. The van der Waals surface area contributed by atoms with Crippen LogP contribution in [0.15, 0.2) is 0 Å². The fraction of sp³-hybridized carbons (Fsp3) is 0.857. The number of hydrogen-bond donors (Lipinski definition) is 1. The summed E-state index contributed by atoms with van der Waals surface area (Å²) in [6.45, 7) is 0. The van der Waals surface area contributed by atoms with Crippen molar-refractivity contribution in [2.75, 3.05) is 7.11 Å². The minimum absolute atomic E-state index is 0.0131. The van der Waals surface area contributed by atoms with E-state index in [9.17, 15) is 13.6 Å². The minimum atomic E-state index is -3.14. The molecule has 0 spiro atoms. The summed E-state index contributed by atoms with van der Waals surface area (Å²) in [5.74, 6) is -4.97. The van der Waals surface area contributed by atoms with Crippen LogP contribution in [0.3, 0.4) is 0 Å². The maximum atomic E-state index is 12.6. The molecule has 2 atom stereocenters. The van der Waals surface area contributed by atoms with Crippen molar-refractivity contribution in [3.05, 3.63) is 0 Å². The van der Waals surface area contributed by atoms with Crippen molar-refractivity contribution < 1.29 is 23.4 Å². The molecular weight excluding hydrogens is 170 g/mol. The first-order valence-electron chi connectivity index (χ1n) is 3.63. The minimum Gasteiger partial charge on any atom is -0.469 e. The van der Waals surface area contributed by atoms with E-state index in [0.717, 1.165) is 7.11 Å². The highest BCUT2D eigenvalue weighted by Gasteiger charge is 2.52. The monoisotopic (exact) mass is 180 g/mol. The average molecular weight is 180 g/mol. The topological polar surface area (TPSA) is 46.5 Å². The van der Waals surface area contributed by atoms with E-state index in [4.69, 9.17) is 5.11 Å². The van der Waals surface area contributed by atoms with Gasteiger partial charge in [-0.15, -0.1) is 0 Å². The largest absolute Gasteiger partial charge is 0.469 e. The maximum Gasteiger partial charge on any atom is 0.311 e. The molecule has 0 bridgehead atoms. The van der Waals surface area contributed by atoms with Gasteiger partial charge < -0.3 is 9.84 Å². The smallest absolute Gasteiger partial charge is 0.311 e. The molecule has 0 saturated heterocycles. The van der Waals surface area contributed by atoms with Gasteiger partial charge in [-0.25, -0.2) is 8.78 Å². The quantitative estimate of drug-likeness (QED) is 0.600. The predicted molar refractivity (Wildman–Crippen MR) is 35.7 cm³/mol. The van der Waals surface area contributed by atoms with E-state index in [1.165, 1.54) is 0 Å². The van der Waals surface area contributed by atoms with Crippen LogP contribution in [0, 0.1) is 5.92 Å². The summed E-state index contributed by atoms with van der Waals surface area (Å²) in [6.07, 6.45) is -2.35. The van der Waals surface area contributed by atoms with Crippen molar-refractivity contribution >= 4 is 5.97 Å². The summed E-state index contributed by atoms with van der Waals surface area (Å²) in [7, 11) is 1.12. The summed E-state index contributed by atoms with van der Waals surface area (Å²) < 4.78 is 29.5. The Morgan fingerprint density at radius 1 is 1.67 bits per heavy atom. The van der Waals surface area contributed by atoms with Crippen LogP contribution in [0.4, 0.5) is 8.78 Å². The number of aliphatic hydroxyl groups excluding tert-OH is 1. The van der Waals surface area contributed by atoms with Crippen LogP contribution < -0.4 is 0 Å². The number of carbonyl (C=O) groups excluding carboxylic acids is 1. The highest BCUT2D eigenvalue weighted by molar-refractivity contribution is 5.73. The summed E-state index contributed by atoms with van der Waals surface area (Å²) in [5.41, 5.74) is 0. The first kappa shape index (κ1) is 9.38. The standard InChI is InChI=1S/C7H10F2O3/c1-12-6(11)4-2-3-7(8,9)5(4)10/h4-5,10H,2-3H2,1H3. The molecule has 1 aliphatic carbocycles. The molecule has 0 heterocycles. The summed E-state index contributed by atoms with van der Waals surface area (Å²) >= 11 is 0. The number of hydrogen-bond acceptors (Lipinski definition) is 3. The first-order valence-corrected chi connectivity index (χ1v) is 3.63. The Labute approximate surface area is 68.3 Å². The van der Waals surface area contributed by atoms with Crippen molar-refractivity contribution in [1.29, 1.82) is 0 Å². The van der Waals surface area contributed by atoms with Gasteiger partial charge in [-0.2, -0.15) is 0 Å². The highest BCUT2D eigenvalue weighted by Crippen LogP contribution is 2.39. The lowest BCUT2D eigenvalue weighted by molar-refractivity contribution is -0.155. The van der Waals surface area contributed by atoms with E-state index in [-0.39, 0.29) is 6.42 Å². The van der Waals surface area contributed by atoms with Gasteiger partial charge in [0.05, 0.1) is 13.0 Å². The summed E-state index contributed by atoms with van der Waals surface area (Å²) in [5, 5.41) is 8.97. The molecule has 2 unspecified atom stereocenters. The molecule has 1 rings (SSSR count). The van der Waals surface area contributed by atoms with Gasteiger partial charge in [0.1, 0.15) is 6.10 Å². The molecule has 70 valence electrons. The molecule has 0 aromatic carbocycles. The van der Waals surface area contributed by atoms with Gasteiger partial charge in [-0.05, 0) is 6.42 Å². The Hall–Kier alpha value is -0.710. The van der Waals surface area contributed by atoms with Crippen LogP contribution in [-0.4, -0.2) is 30.2 Å². The molecule has 1 aliphatic rings. The Morgan fingerprint density at radius 2 is 2.25 bits per heavy atom. The molecule has 1 saturated carbocycles. The summed E-state index contributed by atoms with van der Waals surface area (Å²) in [4.78, 5) is 10.8. The van der Waals surface area contributed by atoms with Crippen molar-refractivity contribution in [3.63, 3.8) is 0 Å².